The van der Waals surface area contributed by atoms with Gasteiger partial charge in [0.25, 0.3) is 0 Å². The molecule has 0 heterocycles. The first kappa shape index (κ1) is 9.74. The Kier molecular flexibility index (Phi) is 3.46. The first-order chi connectivity index (χ1) is 6.20. The molecular weight excluding hydrogens is 164 g/mol. The minimum atomic E-state index is 0.0575. The van der Waals surface area contributed by atoms with Crippen LogP contribution in [-0.2, 0) is 0 Å². The second-order valence-electron chi connectivity index (χ2n) is 3.03. The quantitative estimate of drug-likeness (QED) is 0.682. The molecule has 0 aromatic heterocycles. The SMILES string of the molecule is CC(N)C/N=C/c1ccccc1O. The maximum atomic E-state index is 9.35. The predicted molar refractivity (Wildman–Crippen MR) is 54.2 cm³/mol. The molecule has 1 rings (SSSR count). The third-order valence-corrected chi connectivity index (χ3v) is 1.56. The minimum Gasteiger partial charge on any atom is -0.507 e. The zero-order valence-electron chi connectivity index (χ0n) is 7.64. The van der Waals surface area contributed by atoms with Crippen LogP contribution in [0.4, 0.5) is 0 Å². The van der Waals surface area contributed by atoms with Crippen molar-refractivity contribution in [3.05, 3.63) is 29.8 Å². The van der Waals surface area contributed by atoms with Crippen LogP contribution < -0.4 is 5.73 Å². The van der Waals surface area contributed by atoms with E-state index in [0.717, 1.165) is 5.56 Å². The third-order valence-electron chi connectivity index (χ3n) is 1.56. The summed E-state index contributed by atoms with van der Waals surface area (Å²) in [6, 6.07) is 7.13. The topological polar surface area (TPSA) is 58.6 Å². The Balaban J connectivity index is 2.63. The normalized spacial score (nSPS) is 13.4. The van der Waals surface area contributed by atoms with E-state index in [-0.39, 0.29) is 11.8 Å². The van der Waals surface area contributed by atoms with Crippen LogP contribution in [0.2, 0.25) is 0 Å². The standard InChI is InChI=1S/C10H14N2O/c1-8(11)6-12-7-9-4-2-3-5-10(9)13/h2-5,7-8,13H,6,11H2,1H3/b12-7+. The molecule has 0 aliphatic heterocycles. The lowest BCUT2D eigenvalue weighted by Crippen LogP contribution is -2.18. The summed E-state index contributed by atoms with van der Waals surface area (Å²) in [6.45, 7) is 2.47. The summed E-state index contributed by atoms with van der Waals surface area (Å²) in [4.78, 5) is 4.09. The molecule has 0 saturated heterocycles. The fourth-order valence-corrected chi connectivity index (χ4v) is 0.914. The predicted octanol–water partition coefficient (Wildman–Crippen LogP) is 1.16. The number of aliphatic imine (C=N–C) groups is 1. The van der Waals surface area contributed by atoms with Crippen LogP contribution in [0.3, 0.4) is 0 Å². The molecule has 0 radical (unpaired) electrons. The van der Waals surface area contributed by atoms with Gasteiger partial charge in [-0.2, -0.15) is 0 Å². The van der Waals surface area contributed by atoms with E-state index in [4.69, 9.17) is 5.73 Å². The Morgan fingerprint density at radius 1 is 1.54 bits per heavy atom. The van der Waals surface area contributed by atoms with Crippen LogP contribution in [-0.4, -0.2) is 23.9 Å². The molecule has 0 saturated carbocycles. The van der Waals surface area contributed by atoms with Gasteiger partial charge >= 0.3 is 0 Å². The first-order valence-corrected chi connectivity index (χ1v) is 4.23. The van der Waals surface area contributed by atoms with Crippen molar-refractivity contribution in [2.75, 3.05) is 6.54 Å². The number of hydrogen-bond acceptors (Lipinski definition) is 3. The van der Waals surface area contributed by atoms with Gasteiger partial charge in [-0.3, -0.25) is 4.99 Å². The average Bonchev–Trinajstić information content (AvgIpc) is 2.08. The zero-order valence-corrected chi connectivity index (χ0v) is 7.64. The number of para-hydroxylation sites is 1. The van der Waals surface area contributed by atoms with E-state index < -0.39 is 0 Å². The van der Waals surface area contributed by atoms with Crippen molar-refractivity contribution in [2.45, 2.75) is 13.0 Å². The Bertz CT molecular complexity index is 295. The molecule has 1 atom stereocenters. The molecule has 3 nitrogen and oxygen atoms in total. The van der Waals surface area contributed by atoms with Gasteiger partial charge in [0.15, 0.2) is 0 Å². The first-order valence-electron chi connectivity index (χ1n) is 4.23. The van der Waals surface area contributed by atoms with Gasteiger partial charge in [0, 0.05) is 17.8 Å². The maximum Gasteiger partial charge on any atom is 0.124 e. The molecular formula is C10H14N2O. The van der Waals surface area contributed by atoms with Crippen LogP contribution in [0.25, 0.3) is 0 Å². The Morgan fingerprint density at radius 3 is 2.85 bits per heavy atom. The Morgan fingerprint density at radius 2 is 2.23 bits per heavy atom. The van der Waals surface area contributed by atoms with Gasteiger partial charge in [0.05, 0.1) is 6.54 Å². The minimum absolute atomic E-state index is 0.0575. The second-order valence-corrected chi connectivity index (χ2v) is 3.03. The van der Waals surface area contributed by atoms with Crippen LogP contribution in [0, 0.1) is 0 Å². The number of nitrogens with two attached hydrogens (primary N) is 1. The monoisotopic (exact) mass is 178 g/mol. The van der Waals surface area contributed by atoms with E-state index in [0.29, 0.717) is 6.54 Å². The van der Waals surface area contributed by atoms with E-state index in [1.807, 2.05) is 13.0 Å². The van der Waals surface area contributed by atoms with Crippen molar-refractivity contribution in [1.29, 1.82) is 0 Å². The molecule has 3 N–H and O–H groups in total. The van der Waals surface area contributed by atoms with Crippen LogP contribution >= 0.6 is 0 Å². The summed E-state index contributed by atoms with van der Waals surface area (Å²) in [5, 5.41) is 9.35. The van der Waals surface area contributed by atoms with Gasteiger partial charge in [-0.15, -0.1) is 0 Å². The van der Waals surface area contributed by atoms with Crippen molar-refractivity contribution < 1.29 is 5.11 Å². The maximum absolute atomic E-state index is 9.35. The van der Waals surface area contributed by atoms with Crippen LogP contribution in [0.15, 0.2) is 29.3 Å². The lowest BCUT2D eigenvalue weighted by atomic mass is 10.2. The molecule has 70 valence electrons. The van der Waals surface area contributed by atoms with Gasteiger partial charge in [-0.25, -0.2) is 0 Å². The second kappa shape index (κ2) is 4.62. The molecule has 0 spiro atoms. The van der Waals surface area contributed by atoms with Crippen molar-refractivity contribution in [1.82, 2.24) is 0 Å². The molecule has 0 fully saturated rings. The van der Waals surface area contributed by atoms with Gasteiger partial charge < -0.3 is 10.8 Å². The molecule has 13 heavy (non-hydrogen) atoms. The number of aromatic hydroxyl groups is 1. The summed E-state index contributed by atoms with van der Waals surface area (Å²) in [6.07, 6.45) is 1.64. The van der Waals surface area contributed by atoms with Crippen molar-refractivity contribution >= 4 is 6.21 Å². The Hall–Kier alpha value is -1.35. The van der Waals surface area contributed by atoms with Gasteiger partial charge in [0.1, 0.15) is 5.75 Å². The van der Waals surface area contributed by atoms with Crippen molar-refractivity contribution in [3.8, 4) is 5.75 Å². The number of rotatable bonds is 3. The van der Waals surface area contributed by atoms with Crippen molar-refractivity contribution in [3.63, 3.8) is 0 Å². The highest BCUT2D eigenvalue weighted by atomic mass is 16.3. The summed E-state index contributed by atoms with van der Waals surface area (Å²) >= 11 is 0. The number of hydrogen-bond donors (Lipinski definition) is 2. The summed E-state index contributed by atoms with van der Waals surface area (Å²) in [5.41, 5.74) is 6.24. The molecule has 0 bridgehead atoms. The lowest BCUT2D eigenvalue weighted by molar-refractivity contribution is 0.474. The highest BCUT2D eigenvalue weighted by Crippen LogP contribution is 2.12. The number of phenolic OH excluding ortho intramolecular Hbond substituents is 1. The molecule has 0 aliphatic rings. The molecule has 1 aromatic carbocycles. The lowest BCUT2D eigenvalue weighted by Gasteiger charge is -1.99. The van der Waals surface area contributed by atoms with E-state index in [9.17, 15) is 5.11 Å². The number of benzene rings is 1. The molecule has 1 unspecified atom stereocenters. The fourth-order valence-electron chi connectivity index (χ4n) is 0.914. The average molecular weight is 178 g/mol. The highest BCUT2D eigenvalue weighted by molar-refractivity contribution is 5.83. The number of nitrogens with zero attached hydrogens (tertiary/aromatic N) is 1. The van der Waals surface area contributed by atoms with Crippen LogP contribution in [0.5, 0.6) is 5.75 Å². The largest absolute Gasteiger partial charge is 0.507 e. The molecule has 1 aromatic rings. The zero-order chi connectivity index (χ0) is 9.68. The summed E-state index contributed by atoms with van der Waals surface area (Å²) in [7, 11) is 0. The van der Waals surface area contributed by atoms with Gasteiger partial charge in [0.2, 0.25) is 0 Å². The summed E-state index contributed by atoms with van der Waals surface area (Å²) < 4.78 is 0. The van der Waals surface area contributed by atoms with E-state index >= 15 is 0 Å². The molecule has 0 amide bonds. The highest BCUT2D eigenvalue weighted by Gasteiger charge is 1.94. The molecule has 3 heteroatoms. The van der Waals surface area contributed by atoms with Crippen molar-refractivity contribution in [2.24, 2.45) is 10.7 Å². The number of phenols is 1. The Labute approximate surface area is 77.9 Å². The van der Waals surface area contributed by atoms with E-state index in [1.165, 1.54) is 0 Å². The third kappa shape index (κ3) is 3.25. The molecule has 0 aliphatic carbocycles. The summed E-state index contributed by atoms with van der Waals surface area (Å²) in [5.74, 6) is 0.246. The fraction of sp³-hybridized carbons (Fsp3) is 0.300. The smallest absolute Gasteiger partial charge is 0.124 e. The van der Waals surface area contributed by atoms with Crippen LogP contribution in [0.1, 0.15) is 12.5 Å². The van der Waals surface area contributed by atoms with E-state index in [1.54, 1.807) is 24.4 Å². The van der Waals surface area contributed by atoms with Gasteiger partial charge in [-0.05, 0) is 19.1 Å². The van der Waals surface area contributed by atoms with E-state index in [2.05, 4.69) is 4.99 Å². The van der Waals surface area contributed by atoms with Gasteiger partial charge in [-0.1, -0.05) is 12.1 Å².